The summed E-state index contributed by atoms with van der Waals surface area (Å²) in [6.07, 6.45) is 2.65. The lowest BCUT2D eigenvalue weighted by molar-refractivity contribution is -0.154. The molecule has 0 aromatic carbocycles. The highest BCUT2D eigenvalue weighted by Gasteiger charge is 2.30. The van der Waals surface area contributed by atoms with Crippen LogP contribution in [0.1, 0.15) is 47.3 Å². The van der Waals surface area contributed by atoms with Crippen LogP contribution >= 0.6 is 0 Å². The van der Waals surface area contributed by atoms with Crippen LogP contribution in [-0.4, -0.2) is 39.5 Å². The average molecular weight is 419 g/mol. The largest absolute Gasteiger partial charge is 0.493 e. The monoisotopic (exact) mass is 419 g/mol. The molecule has 9 heteroatoms. The third kappa shape index (κ3) is 4.55. The van der Waals surface area contributed by atoms with Gasteiger partial charge in [-0.25, -0.2) is 9.97 Å². The van der Waals surface area contributed by atoms with Gasteiger partial charge in [-0.15, -0.1) is 0 Å². The number of hydrogen-bond acceptors (Lipinski definition) is 5. The number of pyridine rings is 2. The van der Waals surface area contributed by atoms with Gasteiger partial charge in [0.1, 0.15) is 11.4 Å². The first-order valence-corrected chi connectivity index (χ1v) is 9.66. The Balaban J connectivity index is 1.61. The third-order valence-corrected chi connectivity index (χ3v) is 4.74. The highest BCUT2D eigenvalue weighted by Crippen LogP contribution is 2.39. The second-order valence-electron chi connectivity index (χ2n) is 7.16. The number of alkyl halides is 3. The zero-order valence-electron chi connectivity index (χ0n) is 16.3. The van der Waals surface area contributed by atoms with Crippen LogP contribution in [-0.2, 0) is 6.42 Å². The molecule has 0 unspecified atom stereocenters. The molecule has 3 aromatic heterocycles. The Morgan fingerprint density at radius 2 is 2.07 bits per heavy atom. The maximum atomic E-state index is 12.9. The van der Waals surface area contributed by atoms with Crippen molar-refractivity contribution in [2.45, 2.75) is 38.3 Å². The molecule has 3 aromatic rings. The molecule has 0 radical (unpaired) electrons. The number of ketones is 1. The molecule has 4 rings (SSSR count). The lowest BCUT2D eigenvalue weighted by Crippen LogP contribution is -2.21. The topological polar surface area (TPSA) is 65.7 Å². The predicted molar refractivity (Wildman–Crippen MR) is 102 cm³/mol. The van der Waals surface area contributed by atoms with Gasteiger partial charge in [0.15, 0.2) is 12.4 Å². The summed E-state index contributed by atoms with van der Waals surface area (Å²) in [7, 11) is 0. The van der Waals surface area contributed by atoms with Crippen molar-refractivity contribution in [2.75, 3.05) is 13.2 Å². The molecule has 0 N–H and O–H groups in total. The Morgan fingerprint density at radius 1 is 1.27 bits per heavy atom. The summed E-state index contributed by atoms with van der Waals surface area (Å²) in [6.45, 7) is 0.723. The van der Waals surface area contributed by atoms with E-state index in [1.165, 1.54) is 18.3 Å². The van der Waals surface area contributed by atoms with E-state index in [1.54, 1.807) is 12.3 Å². The number of ether oxygens (including phenoxy) is 2. The fourth-order valence-corrected chi connectivity index (χ4v) is 3.21. The van der Waals surface area contributed by atoms with Crippen molar-refractivity contribution < 1.29 is 27.4 Å². The summed E-state index contributed by atoms with van der Waals surface area (Å²) in [5.74, 6) is 0.253. The summed E-state index contributed by atoms with van der Waals surface area (Å²) in [5.41, 5.74) is 2.34. The van der Waals surface area contributed by atoms with E-state index in [9.17, 15) is 18.0 Å². The minimum absolute atomic E-state index is 0.00593. The van der Waals surface area contributed by atoms with E-state index in [0.717, 1.165) is 24.2 Å². The molecule has 3 heterocycles. The minimum atomic E-state index is -4.52. The SMILES string of the molecule is CCOc1cc2nc(C3CC3)cn2cc1CC(=O)c1cccnc1OCC(F)(F)F. The van der Waals surface area contributed by atoms with E-state index >= 15 is 0 Å². The summed E-state index contributed by atoms with van der Waals surface area (Å²) in [5, 5.41) is 0. The Kier molecular flexibility index (Phi) is 5.36. The first-order valence-electron chi connectivity index (χ1n) is 9.66. The summed E-state index contributed by atoms with van der Waals surface area (Å²) in [6, 6.07) is 4.67. The van der Waals surface area contributed by atoms with Crippen molar-refractivity contribution in [1.29, 1.82) is 0 Å². The molecule has 0 amide bonds. The number of nitrogens with zero attached hydrogens (tertiary/aromatic N) is 3. The molecular formula is C21H20F3N3O3. The number of aromatic nitrogens is 3. The Morgan fingerprint density at radius 3 is 2.77 bits per heavy atom. The van der Waals surface area contributed by atoms with Gasteiger partial charge in [-0.3, -0.25) is 4.79 Å². The third-order valence-electron chi connectivity index (χ3n) is 4.74. The van der Waals surface area contributed by atoms with Gasteiger partial charge >= 0.3 is 6.18 Å². The number of rotatable bonds is 8. The zero-order chi connectivity index (χ0) is 21.3. The predicted octanol–water partition coefficient (Wildman–Crippen LogP) is 4.37. The van der Waals surface area contributed by atoms with Crippen molar-refractivity contribution in [1.82, 2.24) is 14.4 Å². The van der Waals surface area contributed by atoms with E-state index in [2.05, 4.69) is 9.97 Å². The van der Waals surface area contributed by atoms with E-state index in [1.807, 2.05) is 17.5 Å². The number of carbonyl (C=O) groups excluding carboxylic acids is 1. The Hall–Kier alpha value is -3.10. The van der Waals surface area contributed by atoms with E-state index in [4.69, 9.17) is 9.47 Å². The Labute approximate surface area is 170 Å². The molecule has 0 bridgehead atoms. The van der Waals surface area contributed by atoms with Crippen LogP contribution in [0.15, 0.2) is 36.8 Å². The van der Waals surface area contributed by atoms with Gasteiger partial charge in [-0.05, 0) is 31.9 Å². The lowest BCUT2D eigenvalue weighted by atomic mass is 10.0. The van der Waals surface area contributed by atoms with Gasteiger partial charge in [0.05, 0.1) is 17.9 Å². The van der Waals surface area contributed by atoms with Gasteiger partial charge in [-0.1, -0.05) is 0 Å². The van der Waals surface area contributed by atoms with Crippen LogP contribution < -0.4 is 9.47 Å². The van der Waals surface area contributed by atoms with Crippen LogP contribution in [0, 0.1) is 0 Å². The molecule has 1 fully saturated rings. The van der Waals surface area contributed by atoms with Gasteiger partial charge in [-0.2, -0.15) is 13.2 Å². The van der Waals surface area contributed by atoms with Crippen molar-refractivity contribution in [2.24, 2.45) is 0 Å². The van der Waals surface area contributed by atoms with Gasteiger partial charge in [0.25, 0.3) is 0 Å². The minimum Gasteiger partial charge on any atom is -0.493 e. The number of carbonyl (C=O) groups is 1. The van der Waals surface area contributed by atoms with Crippen LogP contribution in [0.25, 0.3) is 5.65 Å². The molecule has 0 atom stereocenters. The average Bonchev–Trinajstić information content (AvgIpc) is 3.47. The molecular weight excluding hydrogens is 399 g/mol. The van der Waals surface area contributed by atoms with Crippen molar-refractivity contribution in [3.63, 3.8) is 0 Å². The molecule has 0 spiro atoms. The fourth-order valence-electron chi connectivity index (χ4n) is 3.21. The number of halogens is 3. The number of imidazole rings is 1. The van der Waals surface area contributed by atoms with Crippen LogP contribution in [0.4, 0.5) is 13.2 Å². The first-order chi connectivity index (χ1) is 14.3. The molecule has 1 aliphatic carbocycles. The highest BCUT2D eigenvalue weighted by molar-refractivity contribution is 5.99. The number of Topliss-reactive ketones (excluding diaryl/α,β-unsaturated/α-hetero) is 1. The Bertz CT molecular complexity index is 1070. The van der Waals surface area contributed by atoms with Crippen molar-refractivity contribution in [3.8, 4) is 11.6 Å². The first kappa shape index (κ1) is 20.2. The second-order valence-corrected chi connectivity index (χ2v) is 7.16. The van der Waals surface area contributed by atoms with E-state index in [-0.39, 0.29) is 17.9 Å². The fraction of sp³-hybridized carbons (Fsp3) is 0.381. The standard InChI is InChI=1S/C21H20F3N3O3/c1-2-29-18-9-19-26-16(13-5-6-13)11-27(19)10-14(18)8-17(28)15-4-3-7-25-20(15)30-12-21(22,23)24/h3-4,7,9-11,13H,2,5-6,8,12H2,1H3. The molecule has 158 valence electrons. The number of fused-ring (bicyclic) bond motifs is 1. The van der Waals surface area contributed by atoms with Crippen molar-refractivity contribution >= 4 is 11.4 Å². The quantitative estimate of drug-likeness (QED) is 0.507. The van der Waals surface area contributed by atoms with Crippen LogP contribution in [0.5, 0.6) is 11.6 Å². The smallest absolute Gasteiger partial charge is 0.422 e. The molecule has 30 heavy (non-hydrogen) atoms. The summed E-state index contributed by atoms with van der Waals surface area (Å²) < 4.78 is 49.8. The molecule has 1 aliphatic rings. The van der Waals surface area contributed by atoms with E-state index < -0.39 is 18.6 Å². The normalized spacial score (nSPS) is 14.1. The maximum Gasteiger partial charge on any atom is 0.422 e. The lowest BCUT2D eigenvalue weighted by Gasteiger charge is -2.13. The van der Waals surface area contributed by atoms with Gasteiger partial charge < -0.3 is 13.9 Å². The molecule has 0 saturated heterocycles. The van der Waals surface area contributed by atoms with Gasteiger partial charge in [0, 0.05) is 42.6 Å². The second kappa shape index (κ2) is 7.97. The molecule has 6 nitrogen and oxygen atoms in total. The van der Waals surface area contributed by atoms with Crippen LogP contribution in [0.2, 0.25) is 0 Å². The number of hydrogen-bond donors (Lipinski definition) is 0. The molecule has 1 saturated carbocycles. The highest BCUT2D eigenvalue weighted by atomic mass is 19.4. The molecule has 0 aliphatic heterocycles. The summed E-state index contributed by atoms with van der Waals surface area (Å²) >= 11 is 0. The van der Waals surface area contributed by atoms with Crippen molar-refractivity contribution in [3.05, 3.63) is 53.6 Å². The summed E-state index contributed by atoms with van der Waals surface area (Å²) in [4.78, 5) is 21.3. The van der Waals surface area contributed by atoms with Crippen LogP contribution in [0.3, 0.4) is 0 Å². The van der Waals surface area contributed by atoms with E-state index in [0.29, 0.717) is 23.8 Å². The zero-order valence-corrected chi connectivity index (χ0v) is 16.3. The van der Waals surface area contributed by atoms with Gasteiger partial charge in [0.2, 0.25) is 5.88 Å². The maximum absolute atomic E-state index is 12.9.